The van der Waals surface area contributed by atoms with E-state index in [1.54, 1.807) is 71.1 Å². The summed E-state index contributed by atoms with van der Waals surface area (Å²) in [5.74, 6) is 7.12. The van der Waals surface area contributed by atoms with Crippen molar-refractivity contribution in [2.45, 2.75) is 32.1 Å². The molecule has 0 unspecified atom stereocenters. The molecule has 0 saturated heterocycles. The second-order valence-electron chi connectivity index (χ2n) is 13.3. The van der Waals surface area contributed by atoms with Crippen molar-refractivity contribution in [2.24, 2.45) is 0 Å². The van der Waals surface area contributed by atoms with E-state index in [0.717, 1.165) is 78.6 Å². The Labute approximate surface area is 323 Å². The van der Waals surface area contributed by atoms with E-state index >= 15 is 0 Å². The van der Waals surface area contributed by atoms with Gasteiger partial charge in [0.05, 0.1) is 71.1 Å². The summed E-state index contributed by atoms with van der Waals surface area (Å²) in [4.78, 5) is 0. The molecule has 0 radical (unpaired) electrons. The van der Waals surface area contributed by atoms with Crippen molar-refractivity contribution in [3.8, 4) is 57.5 Å². The highest BCUT2D eigenvalue weighted by atomic mass is 16.5. The average molecular weight is 751 g/mol. The monoisotopic (exact) mass is 750 g/mol. The van der Waals surface area contributed by atoms with Gasteiger partial charge in [-0.3, -0.25) is 0 Å². The fraction of sp³-hybridized carbons (Fsp3) is 0.333. The molecule has 5 aromatic carbocycles. The fourth-order valence-corrected chi connectivity index (χ4v) is 7.54. The third-order valence-electron chi connectivity index (χ3n) is 10.3. The van der Waals surface area contributed by atoms with Gasteiger partial charge in [-0.05, 0) is 66.2 Å². The third-order valence-corrected chi connectivity index (χ3v) is 10.3. The predicted molar refractivity (Wildman–Crippen MR) is 212 cm³/mol. The summed E-state index contributed by atoms with van der Waals surface area (Å²) in [6.45, 7) is 0. The molecule has 55 heavy (non-hydrogen) atoms. The molecule has 0 aliphatic heterocycles. The standard InChI is InChI=1S/C45H50O10/c1-46-36-19-28-14-29-20-39(49-4)30(21-38(29)48-3)15-31-22-41(51-6)32(23-40(31)50-5)16-33-24-43(53-8)34(25-42(33)52-7)17-35-44(54-9)12-26(13-45(35)55-10)11-27(36)18-37(28)47-2/h12-13,18-25H,11,14-17H2,1-10H3. The molecule has 0 aromatic heterocycles. The molecule has 10 aliphatic carbocycles. The van der Waals surface area contributed by atoms with Crippen molar-refractivity contribution in [1.29, 1.82) is 0 Å². The minimum atomic E-state index is 0.469. The first kappa shape index (κ1) is 38.8. The molecule has 10 bridgehead atoms. The lowest BCUT2D eigenvalue weighted by Crippen LogP contribution is -2.05. The minimum Gasteiger partial charge on any atom is -0.496 e. The zero-order chi connectivity index (χ0) is 39.2. The topological polar surface area (TPSA) is 92.3 Å². The van der Waals surface area contributed by atoms with E-state index in [1.807, 2.05) is 60.7 Å². The van der Waals surface area contributed by atoms with Crippen molar-refractivity contribution in [1.82, 2.24) is 0 Å². The Kier molecular flexibility index (Phi) is 12.0. The van der Waals surface area contributed by atoms with Gasteiger partial charge in [0.25, 0.3) is 0 Å². The van der Waals surface area contributed by atoms with Gasteiger partial charge in [0.15, 0.2) is 0 Å². The Morgan fingerprint density at radius 3 is 0.655 bits per heavy atom. The fourth-order valence-electron chi connectivity index (χ4n) is 7.54. The van der Waals surface area contributed by atoms with Gasteiger partial charge >= 0.3 is 0 Å². The maximum absolute atomic E-state index is 6.00. The number of ether oxygens (including phenoxy) is 10. The molecule has 0 saturated carbocycles. The van der Waals surface area contributed by atoms with Crippen molar-refractivity contribution in [3.63, 3.8) is 0 Å². The maximum atomic E-state index is 6.00. The molecule has 15 rings (SSSR count). The first-order valence-electron chi connectivity index (χ1n) is 17.9. The Balaban J connectivity index is 1.61. The molecule has 5 aromatic rings. The molecule has 10 aliphatic rings. The molecule has 0 fully saturated rings. The number of rotatable bonds is 10. The lowest BCUT2D eigenvalue weighted by atomic mass is 9.94. The average Bonchev–Trinajstić information content (AvgIpc) is 3.21. The zero-order valence-electron chi connectivity index (χ0n) is 33.4. The Morgan fingerprint density at radius 1 is 0.236 bits per heavy atom. The van der Waals surface area contributed by atoms with E-state index in [4.69, 9.17) is 47.4 Å². The Hall–Kier alpha value is -5.90. The number of methoxy groups -OCH3 is 10. The van der Waals surface area contributed by atoms with E-state index in [0.29, 0.717) is 66.6 Å². The van der Waals surface area contributed by atoms with Gasteiger partial charge in [0.2, 0.25) is 0 Å². The summed E-state index contributed by atoms with van der Waals surface area (Å²) >= 11 is 0. The van der Waals surface area contributed by atoms with E-state index in [-0.39, 0.29) is 0 Å². The van der Waals surface area contributed by atoms with Crippen molar-refractivity contribution in [2.75, 3.05) is 71.1 Å². The summed E-state index contributed by atoms with van der Waals surface area (Å²) in [5, 5.41) is 0. The van der Waals surface area contributed by atoms with Gasteiger partial charge in [-0.15, -0.1) is 0 Å². The van der Waals surface area contributed by atoms with Gasteiger partial charge in [-0.1, -0.05) is 0 Å². The lowest BCUT2D eigenvalue weighted by Gasteiger charge is -2.20. The molecule has 0 atom stereocenters. The van der Waals surface area contributed by atoms with Crippen LogP contribution in [0.4, 0.5) is 0 Å². The molecule has 0 heterocycles. The second kappa shape index (κ2) is 17.1. The van der Waals surface area contributed by atoms with Crippen LogP contribution in [-0.2, 0) is 32.1 Å². The van der Waals surface area contributed by atoms with Gasteiger partial charge in [-0.25, -0.2) is 0 Å². The Morgan fingerprint density at radius 2 is 0.436 bits per heavy atom. The molecule has 0 N–H and O–H groups in total. The van der Waals surface area contributed by atoms with Crippen LogP contribution < -0.4 is 47.4 Å². The number of hydrogen-bond acceptors (Lipinski definition) is 10. The van der Waals surface area contributed by atoms with Crippen LogP contribution in [0.2, 0.25) is 0 Å². The molecular formula is C45H50O10. The molecule has 290 valence electrons. The summed E-state index contributed by atoms with van der Waals surface area (Å²) in [6.07, 6.45) is 2.52. The van der Waals surface area contributed by atoms with Crippen molar-refractivity contribution < 1.29 is 47.4 Å². The molecule has 10 heteroatoms. The van der Waals surface area contributed by atoms with E-state index in [1.165, 1.54) is 0 Å². The SMILES string of the molecule is COc1cc2c(OC)cc1Cc1cc(OC)c(c(OC)c1)Cc1cc(OC)c(cc1OC)Cc1cc(OC)c(cc1OC)Cc1cc(OC)c(cc1OC)C2. The highest BCUT2D eigenvalue weighted by Gasteiger charge is 2.23. The van der Waals surface area contributed by atoms with Gasteiger partial charge in [-0.2, -0.15) is 0 Å². The largest absolute Gasteiger partial charge is 0.496 e. The van der Waals surface area contributed by atoms with Crippen LogP contribution in [0.3, 0.4) is 0 Å². The lowest BCUT2D eigenvalue weighted by molar-refractivity contribution is 0.382. The second-order valence-corrected chi connectivity index (χ2v) is 13.3. The summed E-state index contributed by atoms with van der Waals surface area (Å²) in [6, 6.07) is 20.3. The van der Waals surface area contributed by atoms with Gasteiger partial charge < -0.3 is 47.4 Å². The third kappa shape index (κ3) is 7.85. The van der Waals surface area contributed by atoms with Crippen LogP contribution in [0.1, 0.15) is 55.6 Å². The molecular weight excluding hydrogens is 700 g/mol. The zero-order valence-corrected chi connectivity index (χ0v) is 33.4. The summed E-state index contributed by atoms with van der Waals surface area (Å²) in [5.41, 5.74) is 9.29. The normalized spacial score (nSPS) is 12.2. The van der Waals surface area contributed by atoms with E-state index in [9.17, 15) is 0 Å². The van der Waals surface area contributed by atoms with Crippen LogP contribution in [-0.4, -0.2) is 71.1 Å². The summed E-state index contributed by atoms with van der Waals surface area (Å²) < 4.78 is 59.9. The van der Waals surface area contributed by atoms with Crippen molar-refractivity contribution >= 4 is 0 Å². The van der Waals surface area contributed by atoms with Gasteiger partial charge in [0, 0.05) is 82.2 Å². The molecule has 0 amide bonds. The van der Waals surface area contributed by atoms with Crippen LogP contribution in [0.25, 0.3) is 0 Å². The van der Waals surface area contributed by atoms with Crippen LogP contribution in [0.5, 0.6) is 57.5 Å². The van der Waals surface area contributed by atoms with Crippen LogP contribution >= 0.6 is 0 Å². The van der Waals surface area contributed by atoms with Crippen molar-refractivity contribution in [3.05, 3.63) is 116 Å². The first-order valence-corrected chi connectivity index (χ1v) is 17.9. The smallest absolute Gasteiger partial charge is 0.126 e. The molecule has 0 spiro atoms. The van der Waals surface area contributed by atoms with E-state index in [2.05, 4.69) is 0 Å². The maximum Gasteiger partial charge on any atom is 0.126 e. The first-order chi connectivity index (χ1) is 26.7. The van der Waals surface area contributed by atoms with E-state index < -0.39 is 0 Å². The summed E-state index contributed by atoms with van der Waals surface area (Å²) in [7, 11) is 16.7. The number of hydrogen-bond donors (Lipinski definition) is 0. The highest BCUT2D eigenvalue weighted by molar-refractivity contribution is 5.59. The quantitative estimate of drug-likeness (QED) is 0.137. The number of benzene rings is 5. The van der Waals surface area contributed by atoms with Crippen LogP contribution in [0, 0.1) is 0 Å². The predicted octanol–water partition coefficient (Wildman–Crippen LogP) is 8.04. The Bertz CT molecular complexity index is 2150. The highest BCUT2D eigenvalue weighted by Crippen LogP contribution is 2.42. The van der Waals surface area contributed by atoms with Crippen LogP contribution in [0.15, 0.2) is 60.7 Å². The minimum absolute atomic E-state index is 0.469. The van der Waals surface area contributed by atoms with Gasteiger partial charge in [0.1, 0.15) is 57.5 Å². The molecule has 10 nitrogen and oxygen atoms in total.